The van der Waals surface area contributed by atoms with E-state index in [1.165, 1.54) is 30.3 Å². The zero-order chi connectivity index (χ0) is 21.9. The lowest BCUT2D eigenvalue weighted by molar-refractivity contribution is 0.0519. The minimum atomic E-state index is -4.05. The summed E-state index contributed by atoms with van der Waals surface area (Å²) in [6.45, 7) is 1.61. The Morgan fingerprint density at radius 1 is 1.13 bits per heavy atom. The van der Waals surface area contributed by atoms with E-state index in [1.807, 2.05) is 4.72 Å². The Hall–Kier alpha value is -2.75. The molecule has 3 aromatic rings. The molecule has 1 aromatic heterocycles. The smallest absolute Gasteiger partial charge is 0.355 e. The molecule has 2 aromatic carbocycles. The van der Waals surface area contributed by atoms with E-state index in [4.69, 9.17) is 27.9 Å². The maximum Gasteiger partial charge on any atom is 0.355 e. The maximum absolute atomic E-state index is 12.3. The van der Waals surface area contributed by atoms with Crippen molar-refractivity contribution in [3.05, 3.63) is 63.8 Å². The number of benzene rings is 2. The third-order valence-corrected chi connectivity index (χ3v) is 5.97. The van der Waals surface area contributed by atoms with Gasteiger partial charge in [-0.2, -0.15) is 0 Å². The lowest BCUT2D eigenvalue weighted by Crippen LogP contribution is -2.39. The number of H-pyrrole nitrogens is 1. The topological polar surface area (TPSA) is 117 Å². The normalized spacial score (nSPS) is 11.3. The number of carbonyl (C=O) groups excluding carboxylic acids is 2. The van der Waals surface area contributed by atoms with Crippen LogP contribution in [0.15, 0.2) is 47.4 Å². The molecule has 1 heterocycles. The summed E-state index contributed by atoms with van der Waals surface area (Å²) >= 11 is 12.3. The van der Waals surface area contributed by atoms with Crippen molar-refractivity contribution in [3.8, 4) is 0 Å². The van der Waals surface area contributed by atoms with Crippen LogP contribution in [0.1, 0.15) is 23.0 Å². The Kier molecular flexibility index (Phi) is 6.55. The number of aromatic amines is 1. The van der Waals surface area contributed by atoms with E-state index in [9.17, 15) is 18.0 Å². The van der Waals surface area contributed by atoms with Crippen LogP contribution in [0, 0.1) is 0 Å². The van der Waals surface area contributed by atoms with Gasteiger partial charge in [-0.15, -0.1) is 0 Å². The van der Waals surface area contributed by atoms with Gasteiger partial charge in [0.2, 0.25) is 0 Å². The number of esters is 1. The van der Waals surface area contributed by atoms with E-state index in [-0.39, 0.29) is 28.8 Å². The van der Waals surface area contributed by atoms with Gasteiger partial charge in [-0.25, -0.2) is 22.7 Å². The van der Waals surface area contributed by atoms with Gasteiger partial charge in [0.15, 0.2) is 0 Å². The van der Waals surface area contributed by atoms with Gasteiger partial charge in [-0.3, -0.25) is 0 Å². The van der Waals surface area contributed by atoms with Crippen molar-refractivity contribution < 1.29 is 22.7 Å². The number of hydrogen-bond donors (Lipinski definition) is 3. The van der Waals surface area contributed by atoms with Gasteiger partial charge in [-0.1, -0.05) is 41.4 Å². The van der Waals surface area contributed by atoms with E-state index in [1.54, 1.807) is 19.1 Å². The lowest BCUT2D eigenvalue weighted by Gasteiger charge is -2.10. The van der Waals surface area contributed by atoms with Crippen molar-refractivity contribution in [3.63, 3.8) is 0 Å². The second-order valence-corrected chi connectivity index (χ2v) is 8.64. The fourth-order valence-corrected chi connectivity index (χ4v) is 4.41. The second kappa shape index (κ2) is 8.95. The van der Waals surface area contributed by atoms with E-state index in [2.05, 4.69) is 10.3 Å². The SMILES string of the molecule is CCOC(=O)c1[nH]c2cc(Cl)cc(Cl)c2c1CNC(=O)NS(=O)(=O)c1ccccc1. The highest BCUT2D eigenvalue weighted by Gasteiger charge is 2.23. The molecule has 0 aliphatic heterocycles. The predicted molar refractivity (Wildman–Crippen MR) is 113 cm³/mol. The molecule has 0 saturated carbocycles. The van der Waals surface area contributed by atoms with Gasteiger partial charge in [0.1, 0.15) is 5.69 Å². The number of carbonyl (C=O) groups is 2. The van der Waals surface area contributed by atoms with Gasteiger partial charge in [-0.05, 0) is 31.2 Å². The van der Waals surface area contributed by atoms with Crippen LogP contribution in [-0.2, 0) is 21.3 Å². The number of urea groups is 1. The standard InChI is InChI=1S/C19H17Cl2N3O5S/c1-2-29-18(25)17-13(16-14(21)8-11(20)9-15(16)23-17)10-22-19(26)24-30(27,28)12-6-4-3-5-7-12/h3-9,23H,2,10H2,1H3,(H2,22,24,26). The first kappa shape index (κ1) is 21.9. The van der Waals surface area contributed by atoms with E-state index in [0.29, 0.717) is 21.5 Å². The van der Waals surface area contributed by atoms with Crippen LogP contribution >= 0.6 is 23.2 Å². The summed E-state index contributed by atoms with van der Waals surface area (Å²) in [5, 5.41) is 3.52. The first-order chi connectivity index (χ1) is 14.2. The van der Waals surface area contributed by atoms with Gasteiger partial charge in [0.05, 0.1) is 16.5 Å². The maximum atomic E-state index is 12.3. The predicted octanol–water partition coefficient (Wildman–Crippen LogP) is 3.84. The molecule has 2 amide bonds. The molecule has 3 rings (SSSR count). The molecule has 0 aliphatic carbocycles. The summed E-state index contributed by atoms with van der Waals surface area (Å²) < 4.78 is 31.5. The van der Waals surface area contributed by atoms with Crippen LogP contribution in [0.3, 0.4) is 0 Å². The quantitative estimate of drug-likeness (QED) is 0.474. The van der Waals surface area contributed by atoms with Crippen LogP contribution in [0.5, 0.6) is 0 Å². The zero-order valence-electron chi connectivity index (χ0n) is 15.7. The lowest BCUT2D eigenvalue weighted by atomic mass is 10.1. The Bertz CT molecular complexity index is 1210. The summed E-state index contributed by atoms with van der Waals surface area (Å²) in [4.78, 5) is 27.4. The average Bonchev–Trinajstić information content (AvgIpc) is 3.05. The highest BCUT2D eigenvalue weighted by atomic mass is 35.5. The van der Waals surface area contributed by atoms with Crippen molar-refractivity contribution in [1.82, 2.24) is 15.0 Å². The van der Waals surface area contributed by atoms with Gasteiger partial charge in [0, 0.05) is 28.0 Å². The Balaban J connectivity index is 1.87. The molecule has 0 bridgehead atoms. The average molecular weight is 470 g/mol. The van der Waals surface area contributed by atoms with Gasteiger partial charge in [0.25, 0.3) is 10.0 Å². The second-order valence-electron chi connectivity index (χ2n) is 6.11. The van der Waals surface area contributed by atoms with Crippen molar-refractivity contribution in [2.75, 3.05) is 6.61 Å². The number of sulfonamides is 1. The van der Waals surface area contributed by atoms with E-state index >= 15 is 0 Å². The summed E-state index contributed by atoms with van der Waals surface area (Å²) in [5.41, 5.74) is 0.907. The minimum absolute atomic E-state index is 0.0582. The highest BCUT2D eigenvalue weighted by Crippen LogP contribution is 2.32. The monoisotopic (exact) mass is 469 g/mol. The zero-order valence-corrected chi connectivity index (χ0v) is 18.0. The van der Waals surface area contributed by atoms with E-state index in [0.717, 1.165) is 0 Å². The van der Waals surface area contributed by atoms with Gasteiger partial charge >= 0.3 is 12.0 Å². The number of fused-ring (bicyclic) bond motifs is 1. The molecule has 0 atom stereocenters. The molecule has 30 heavy (non-hydrogen) atoms. The van der Waals surface area contributed by atoms with Crippen LogP contribution < -0.4 is 10.0 Å². The highest BCUT2D eigenvalue weighted by molar-refractivity contribution is 7.90. The molecule has 0 aliphatic rings. The molecule has 158 valence electrons. The number of hydrogen-bond acceptors (Lipinski definition) is 5. The summed E-state index contributed by atoms with van der Waals surface area (Å²) in [5.74, 6) is -0.644. The number of nitrogens with one attached hydrogen (secondary N) is 3. The summed E-state index contributed by atoms with van der Waals surface area (Å²) in [6, 6.07) is 9.56. The fourth-order valence-electron chi connectivity index (χ4n) is 2.85. The molecule has 0 saturated heterocycles. The molecule has 0 unspecified atom stereocenters. The Morgan fingerprint density at radius 3 is 2.50 bits per heavy atom. The summed E-state index contributed by atoms with van der Waals surface area (Å²) in [7, 11) is -4.05. The van der Waals surface area contributed by atoms with Crippen molar-refractivity contribution >= 4 is 56.1 Å². The number of amides is 2. The number of halogens is 2. The minimum Gasteiger partial charge on any atom is -0.461 e. The number of ether oxygens (including phenoxy) is 1. The third kappa shape index (κ3) is 4.69. The van der Waals surface area contributed by atoms with Crippen LogP contribution in [0.2, 0.25) is 10.0 Å². The van der Waals surface area contributed by atoms with Crippen LogP contribution in [0.4, 0.5) is 4.79 Å². The molecule has 3 N–H and O–H groups in total. The van der Waals surface area contributed by atoms with Crippen LogP contribution in [0.25, 0.3) is 10.9 Å². The fraction of sp³-hybridized carbons (Fsp3) is 0.158. The molecular weight excluding hydrogens is 453 g/mol. The molecular formula is C19H17Cl2N3O5S. The summed E-state index contributed by atoms with van der Waals surface area (Å²) in [6.07, 6.45) is 0. The Morgan fingerprint density at radius 2 is 1.83 bits per heavy atom. The molecule has 0 fully saturated rings. The molecule has 0 spiro atoms. The number of rotatable bonds is 6. The van der Waals surface area contributed by atoms with Gasteiger partial charge < -0.3 is 15.0 Å². The largest absolute Gasteiger partial charge is 0.461 e. The molecule has 0 radical (unpaired) electrons. The first-order valence-electron chi connectivity index (χ1n) is 8.75. The van der Waals surface area contributed by atoms with Crippen molar-refractivity contribution in [2.24, 2.45) is 0 Å². The first-order valence-corrected chi connectivity index (χ1v) is 11.0. The molecule has 11 heteroatoms. The van der Waals surface area contributed by atoms with E-state index < -0.39 is 22.0 Å². The molecule has 8 nitrogen and oxygen atoms in total. The van der Waals surface area contributed by atoms with Crippen molar-refractivity contribution in [2.45, 2.75) is 18.4 Å². The Labute approximate surface area is 182 Å². The third-order valence-electron chi connectivity index (χ3n) is 4.10. The van der Waals surface area contributed by atoms with Crippen molar-refractivity contribution in [1.29, 1.82) is 0 Å². The van der Waals surface area contributed by atoms with Crippen LogP contribution in [-0.4, -0.2) is 32.0 Å². The number of aromatic nitrogens is 1.